The van der Waals surface area contributed by atoms with Gasteiger partial charge >= 0.3 is 0 Å². The number of rotatable bonds is 1. The van der Waals surface area contributed by atoms with Crippen LogP contribution in [0.25, 0.3) is 22.0 Å². The second-order valence-corrected chi connectivity index (χ2v) is 5.64. The minimum atomic E-state index is 0. The number of aryl methyl sites for hydroxylation is 1. The molecule has 0 saturated heterocycles. The van der Waals surface area contributed by atoms with E-state index in [9.17, 15) is 0 Å². The molecule has 21 heavy (non-hydrogen) atoms. The van der Waals surface area contributed by atoms with Crippen LogP contribution in [0.2, 0.25) is 0 Å². The van der Waals surface area contributed by atoms with Crippen LogP contribution < -0.4 is 5.32 Å². The summed E-state index contributed by atoms with van der Waals surface area (Å²) in [6.45, 7) is 4.18. The zero-order valence-corrected chi connectivity index (χ0v) is 12.9. The van der Waals surface area contributed by atoms with Gasteiger partial charge in [0, 0.05) is 36.1 Å². The molecule has 2 nitrogen and oxygen atoms in total. The summed E-state index contributed by atoms with van der Waals surface area (Å²) in [5.74, 6) is 0. The summed E-state index contributed by atoms with van der Waals surface area (Å²) in [4.78, 5) is 3.56. The largest absolute Gasteiger partial charge is 0.358 e. The van der Waals surface area contributed by atoms with Crippen molar-refractivity contribution in [3.63, 3.8) is 0 Å². The number of H-pyrrole nitrogens is 1. The van der Waals surface area contributed by atoms with Crippen LogP contribution >= 0.6 is 12.4 Å². The highest BCUT2D eigenvalue weighted by molar-refractivity contribution is 5.89. The first-order chi connectivity index (χ1) is 9.81. The van der Waals surface area contributed by atoms with Crippen molar-refractivity contribution in [1.29, 1.82) is 0 Å². The normalized spacial score (nSPS) is 13.8. The molecule has 2 aromatic carbocycles. The summed E-state index contributed by atoms with van der Waals surface area (Å²) >= 11 is 0. The highest BCUT2D eigenvalue weighted by atomic mass is 35.5. The number of aromatic nitrogens is 1. The van der Waals surface area contributed by atoms with E-state index in [1.165, 1.54) is 38.9 Å². The first-order valence-corrected chi connectivity index (χ1v) is 7.22. The first-order valence-electron chi connectivity index (χ1n) is 7.22. The highest BCUT2D eigenvalue weighted by Crippen LogP contribution is 2.29. The van der Waals surface area contributed by atoms with Crippen LogP contribution in [-0.4, -0.2) is 11.5 Å². The fourth-order valence-corrected chi connectivity index (χ4v) is 3.07. The van der Waals surface area contributed by atoms with Crippen LogP contribution in [0.3, 0.4) is 0 Å². The molecule has 0 radical (unpaired) electrons. The number of fused-ring (bicyclic) bond motifs is 3. The van der Waals surface area contributed by atoms with Gasteiger partial charge in [-0.05, 0) is 35.7 Å². The Kier molecular flexibility index (Phi) is 3.75. The summed E-state index contributed by atoms with van der Waals surface area (Å²) in [6, 6.07) is 15.5. The summed E-state index contributed by atoms with van der Waals surface area (Å²) in [5.41, 5.74) is 7.99. The van der Waals surface area contributed by atoms with E-state index in [2.05, 4.69) is 59.7 Å². The third-order valence-corrected chi connectivity index (χ3v) is 4.23. The fraction of sp³-hybridized carbons (Fsp3) is 0.222. The molecule has 1 aromatic heterocycles. The Labute approximate surface area is 131 Å². The molecule has 0 fully saturated rings. The molecule has 108 valence electrons. The molecule has 3 aromatic rings. The average Bonchev–Trinajstić information content (AvgIpc) is 2.86. The van der Waals surface area contributed by atoms with Gasteiger partial charge in [-0.1, -0.05) is 35.9 Å². The van der Waals surface area contributed by atoms with Crippen molar-refractivity contribution in [1.82, 2.24) is 10.3 Å². The van der Waals surface area contributed by atoms with E-state index in [0.717, 1.165) is 19.5 Å². The number of aromatic amines is 1. The van der Waals surface area contributed by atoms with E-state index in [4.69, 9.17) is 0 Å². The van der Waals surface area contributed by atoms with E-state index in [1.54, 1.807) is 0 Å². The Balaban J connectivity index is 0.00000132. The number of benzene rings is 2. The van der Waals surface area contributed by atoms with Gasteiger partial charge in [-0.2, -0.15) is 0 Å². The van der Waals surface area contributed by atoms with E-state index in [1.807, 2.05) is 0 Å². The van der Waals surface area contributed by atoms with Gasteiger partial charge in [-0.3, -0.25) is 0 Å². The summed E-state index contributed by atoms with van der Waals surface area (Å²) < 4.78 is 0. The molecule has 2 N–H and O–H groups in total. The molecule has 1 aliphatic heterocycles. The van der Waals surface area contributed by atoms with Gasteiger partial charge in [0.05, 0.1) is 0 Å². The molecule has 0 amide bonds. The Morgan fingerprint density at radius 3 is 2.52 bits per heavy atom. The number of hydrogen-bond acceptors (Lipinski definition) is 1. The minimum absolute atomic E-state index is 0. The Morgan fingerprint density at radius 1 is 0.952 bits per heavy atom. The van der Waals surface area contributed by atoms with Gasteiger partial charge < -0.3 is 10.3 Å². The lowest BCUT2D eigenvalue weighted by Gasteiger charge is -2.12. The smallest absolute Gasteiger partial charge is 0.0459 e. The molecule has 2 heterocycles. The standard InChI is InChI=1S/C18H18N2.ClH/c1-12-2-4-13(5-3-12)14-6-7-17-15(10-14)16-11-19-9-8-18(16)20-17;/h2-7,10,19-20H,8-9,11H2,1H3;1H. The van der Waals surface area contributed by atoms with Crippen molar-refractivity contribution in [3.8, 4) is 11.1 Å². The molecular weight excluding hydrogens is 280 g/mol. The molecule has 0 saturated carbocycles. The monoisotopic (exact) mass is 298 g/mol. The predicted octanol–water partition coefficient (Wildman–Crippen LogP) is 4.21. The maximum absolute atomic E-state index is 3.56. The van der Waals surface area contributed by atoms with E-state index >= 15 is 0 Å². The van der Waals surface area contributed by atoms with Gasteiger partial charge in [0.2, 0.25) is 0 Å². The lowest BCUT2D eigenvalue weighted by molar-refractivity contribution is 0.641. The lowest BCUT2D eigenvalue weighted by atomic mass is 10.00. The second-order valence-electron chi connectivity index (χ2n) is 5.64. The van der Waals surface area contributed by atoms with Crippen molar-refractivity contribution < 1.29 is 0 Å². The highest BCUT2D eigenvalue weighted by Gasteiger charge is 2.15. The molecule has 0 atom stereocenters. The van der Waals surface area contributed by atoms with Gasteiger partial charge in [0.1, 0.15) is 0 Å². The van der Waals surface area contributed by atoms with Crippen LogP contribution in [-0.2, 0) is 13.0 Å². The Hall–Kier alpha value is -1.77. The van der Waals surface area contributed by atoms with Crippen LogP contribution in [0.4, 0.5) is 0 Å². The molecular formula is C18H19ClN2. The summed E-state index contributed by atoms with van der Waals surface area (Å²) in [6.07, 6.45) is 1.10. The molecule has 0 spiro atoms. The van der Waals surface area contributed by atoms with Crippen LogP contribution in [0, 0.1) is 6.92 Å². The third-order valence-electron chi connectivity index (χ3n) is 4.23. The van der Waals surface area contributed by atoms with Crippen LogP contribution in [0.15, 0.2) is 42.5 Å². The Bertz CT molecular complexity index is 772. The molecule has 4 rings (SSSR count). The minimum Gasteiger partial charge on any atom is -0.358 e. The molecule has 0 unspecified atom stereocenters. The summed E-state index contributed by atoms with van der Waals surface area (Å²) in [7, 11) is 0. The van der Waals surface area contributed by atoms with Crippen molar-refractivity contribution in [3.05, 3.63) is 59.3 Å². The van der Waals surface area contributed by atoms with Crippen molar-refractivity contribution in [2.24, 2.45) is 0 Å². The van der Waals surface area contributed by atoms with Crippen molar-refractivity contribution in [2.75, 3.05) is 6.54 Å². The molecule has 0 aliphatic carbocycles. The average molecular weight is 299 g/mol. The summed E-state index contributed by atoms with van der Waals surface area (Å²) in [5, 5.41) is 4.83. The number of halogens is 1. The maximum Gasteiger partial charge on any atom is 0.0459 e. The van der Waals surface area contributed by atoms with Crippen molar-refractivity contribution in [2.45, 2.75) is 19.9 Å². The number of hydrogen-bond donors (Lipinski definition) is 2. The Morgan fingerprint density at radius 2 is 1.71 bits per heavy atom. The zero-order valence-electron chi connectivity index (χ0n) is 12.1. The quantitative estimate of drug-likeness (QED) is 0.692. The van der Waals surface area contributed by atoms with Gasteiger partial charge in [-0.15, -0.1) is 12.4 Å². The predicted molar refractivity (Wildman–Crippen MR) is 91.1 cm³/mol. The van der Waals surface area contributed by atoms with E-state index in [0.29, 0.717) is 0 Å². The molecule has 1 aliphatic rings. The first kappa shape index (κ1) is 14.2. The topological polar surface area (TPSA) is 27.8 Å². The van der Waals surface area contributed by atoms with Crippen molar-refractivity contribution >= 4 is 23.3 Å². The van der Waals surface area contributed by atoms with Crippen LogP contribution in [0.1, 0.15) is 16.8 Å². The van der Waals surface area contributed by atoms with Gasteiger partial charge in [-0.25, -0.2) is 0 Å². The van der Waals surface area contributed by atoms with Crippen LogP contribution in [0.5, 0.6) is 0 Å². The maximum atomic E-state index is 3.56. The SMILES string of the molecule is Cc1ccc(-c2ccc3[nH]c4c(c3c2)CNCC4)cc1.Cl. The zero-order chi connectivity index (χ0) is 13.5. The van der Waals surface area contributed by atoms with E-state index < -0.39 is 0 Å². The van der Waals surface area contributed by atoms with E-state index in [-0.39, 0.29) is 12.4 Å². The molecule has 3 heteroatoms. The second kappa shape index (κ2) is 5.55. The third kappa shape index (κ3) is 2.45. The van der Waals surface area contributed by atoms with Gasteiger partial charge in [0.15, 0.2) is 0 Å². The number of nitrogens with one attached hydrogen (secondary N) is 2. The fourth-order valence-electron chi connectivity index (χ4n) is 3.07. The van der Waals surface area contributed by atoms with Gasteiger partial charge in [0.25, 0.3) is 0 Å². The molecule has 0 bridgehead atoms. The lowest BCUT2D eigenvalue weighted by Crippen LogP contribution is -2.22.